The molecule has 0 rings (SSSR count). The van der Waals surface area contributed by atoms with Crippen LogP contribution in [-0.4, -0.2) is 11.8 Å². The largest absolute Gasteiger partial charge is 0.373 e. The maximum atomic E-state index is 11.2. The molecule has 88 valence electrons. The van der Waals surface area contributed by atoms with Gasteiger partial charge in [0.1, 0.15) is 5.78 Å². The average molecular weight is 215 g/mol. The number of rotatable bonds is 9. The number of Topliss-reactive ketones (excluding diaryl/α,β-unsaturated/α-hetero) is 1. The Kier molecular flexibility index (Phi) is 9.07. The maximum absolute atomic E-state index is 11.2. The van der Waals surface area contributed by atoms with Gasteiger partial charge in [0, 0.05) is 12.8 Å². The standard InChI is InChI=1S/C11H21NO3/c1-2-3-4-5-6-7-10(13)8-9-11(14)15-12/h2-9,12H2,1H3. The van der Waals surface area contributed by atoms with E-state index in [1.165, 1.54) is 19.3 Å². The molecule has 0 aliphatic rings. The zero-order valence-electron chi connectivity index (χ0n) is 9.46. The lowest BCUT2D eigenvalue weighted by Crippen LogP contribution is -2.11. The summed E-state index contributed by atoms with van der Waals surface area (Å²) >= 11 is 0. The number of unbranched alkanes of at least 4 members (excludes halogenated alkanes) is 4. The molecule has 0 aromatic heterocycles. The van der Waals surface area contributed by atoms with Crippen LogP contribution in [-0.2, 0) is 14.4 Å². The van der Waals surface area contributed by atoms with Crippen LogP contribution in [0.5, 0.6) is 0 Å². The minimum Gasteiger partial charge on any atom is -0.373 e. The SMILES string of the molecule is CCCCCCCC(=O)CCC(=O)ON. The molecule has 0 unspecified atom stereocenters. The first-order valence-corrected chi connectivity index (χ1v) is 5.62. The monoisotopic (exact) mass is 215 g/mol. The van der Waals surface area contributed by atoms with Crippen LogP contribution < -0.4 is 5.90 Å². The quantitative estimate of drug-likeness (QED) is 0.472. The van der Waals surface area contributed by atoms with E-state index in [1.807, 2.05) is 0 Å². The molecule has 2 N–H and O–H groups in total. The Hall–Kier alpha value is -0.900. The summed E-state index contributed by atoms with van der Waals surface area (Å²) in [4.78, 5) is 25.8. The van der Waals surface area contributed by atoms with E-state index in [0.717, 1.165) is 12.8 Å². The topological polar surface area (TPSA) is 69.4 Å². The minimum atomic E-state index is -0.519. The highest BCUT2D eigenvalue weighted by atomic mass is 16.7. The first-order chi connectivity index (χ1) is 7.20. The fourth-order valence-corrected chi connectivity index (χ4v) is 1.35. The Labute approximate surface area is 91.1 Å². The molecule has 4 heteroatoms. The van der Waals surface area contributed by atoms with Gasteiger partial charge >= 0.3 is 5.97 Å². The van der Waals surface area contributed by atoms with Gasteiger partial charge in [0.05, 0.1) is 6.42 Å². The number of hydrogen-bond acceptors (Lipinski definition) is 4. The fraction of sp³-hybridized carbons (Fsp3) is 0.818. The number of carbonyl (C=O) groups excluding carboxylic acids is 2. The second kappa shape index (κ2) is 9.65. The Balaban J connectivity index is 3.30. The predicted octanol–water partition coefficient (Wildman–Crippen LogP) is 2.11. The molecule has 4 nitrogen and oxygen atoms in total. The maximum Gasteiger partial charge on any atom is 0.324 e. The summed E-state index contributed by atoms with van der Waals surface area (Å²) in [5, 5.41) is 0. The van der Waals surface area contributed by atoms with Crippen molar-refractivity contribution in [3.8, 4) is 0 Å². The third-order valence-electron chi connectivity index (χ3n) is 2.30. The van der Waals surface area contributed by atoms with Gasteiger partial charge in [-0.05, 0) is 6.42 Å². The first-order valence-electron chi connectivity index (χ1n) is 5.62. The molecule has 0 fully saturated rings. The molecule has 0 aromatic rings. The summed E-state index contributed by atoms with van der Waals surface area (Å²) in [6.45, 7) is 2.16. The number of hydrogen-bond donors (Lipinski definition) is 1. The van der Waals surface area contributed by atoms with Gasteiger partial charge in [-0.15, -0.1) is 0 Å². The lowest BCUT2D eigenvalue weighted by atomic mass is 10.1. The smallest absolute Gasteiger partial charge is 0.324 e. The van der Waals surface area contributed by atoms with Crippen molar-refractivity contribution in [3.63, 3.8) is 0 Å². The molecule has 0 spiro atoms. The van der Waals surface area contributed by atoms with E-state index in [0.29, 0.717) is 6.42 Å². The normalized spacial score (nSPS) is 10.0. The van der Waals surface area contributed by atoms with Gasteiger partial charge in [-0.1, -0.05) is 32.6 Å². The zero-order chi connectivity index (χ0) is 11.5. The first kappa shape index (κ1) is 14.1. The van der Waals surface area contributed by atoms with Crippen LogP contribution in [0.1, 0.15) is 58.3 Å². The van der Waals surface area contributed by atoms with Crippen LogP contribution >= 0.6 is 0 Å². The molecule has 15 heavy (non-hydrogen) atoms. The molecular weight excluding hydrogens is 194 g/mol. The van der Waals surface area contributed by atoms with Crippen molar-refractivity contribution in [3.05, 3.63) is 0 Å². The Morgan fingerprint density at radius 3 is 2.27 bits per heavy atom. The summed E-state index contributed by atoms with van der Waals surface area (Å²) in [7, 11) is 0. The molecule has 0 atom stereocenters. The Morgan fingerprint density at radius 2 is 1.67 bits per heavy atom. The summed E-state index contributed by atoms with van der Waals surface area (Å²) in [5.41, 5.74) is 0. The highest BCUT2D eigenvalue weighted by Gasteiger charge is 2.06. The van der Waals surface area contributed by atoms with E-state index in [1.54, 1.807) is 0 Å². The van der Waals surface area contributed by atoms with E-state index < -0.39 is 5.97 Å². The van der Waals surface area contributed by atoms with Gasteiger partial charge in [0.2, 0.25) is 0 Å². The van der Waals surface area contributed by atoms with Gasteiger partial charge in [0.15, 0.2) is 0 Å². The third-order valence-corrected chi connectivity index (χ3v) is 2.30. The van der Waals surface area contributed by atoms with Crippen molar-refractivity contribution in [2.75, 3.05) is 0 Å². The molecule has 0 bridgehead atoms. The van der Waals surface area contributed by atoms with Crippen LogP contribution in [0.4, 0.5) is 0 Å². The molecule has 0 saturated carbocycles. The van der Waals surface area contributed by atoms with Crippen LogP contribution in [0.15, 0.2) is 0 Å². The van der Waals surface area contributed by atoms with E-state index in [2.05, 4.69) is 17.7 Å². The zero-order valence-corrected chi connectivity index (χ0v) is 9.46. The molecule has 0 aliphatic carbocycles. The van der Waals surface area contributed by atoms with E-state index in [9.17, 15) is 9.59 Å². The molecular formula is C11H21NO3. The number of nitrogens with two attached hydrogens (primary N) is 1. The van der Waals surface area contributed by atoms with Crippen molar-refractivity contribution in [1.82, 2.24) is 0 Å². The van der Waals surface area contributed by atoms with Crippen molar-refractivity contribution in [1.29, 1.82) is 0 Å². The second-order valence-corrected chi connectivity index (χ2v) is 3.69. The van der Waals surface area contributed by atoms with Crippen molar-refractivity contribution in [2.24, 2.45) is 5.90 Å². The van der Waals surface area contributed by atoms with E-state index >= 15 is 0 Å². The summed E-state index contributed by atoms with van der Waals surface area (Å²) in [6.07, 6.45) is 6.58. The van der Waals surface area contributed by atoms with Crippen LogP contribution in [0, 0.1) is 0 Å². The van der Waals surface area contributed by atoms with Gasteiger partial charge in [0.25, 0.3) is 0 Å². The van der Waals surface area contributed by atoms with Gasteiger partial charge in [-0.3, -0.25) is 9.59 Å². The highest BCUT2D eigenvalue weighted by molar-refractivity contribution is 5.82. The number of carbonyl (C=O) groups is 2. The van der Waals surface area contributed by atoms with Gasteiger partial charge in [-0.25, -0.2) is 0 Å². The minimum absolute atomic E-state index is 0.101. The van der Waals surface area contributed by atoms with Crippen molar-refractivity contribution >= 4 is 11.8 Å². The average Bonchev–Trinajstić information content (AvgIpc) is 2.25. The predicted molar refractivity (Wildman–Crippen MR) is 57.9 cm³/mol. The molecule has 0 heterocycles. The Bertz CT molecular complexity index is 192. The molecule has 0 aliphatic heterocycles. The lowest BCUT2D eigenvalue weighted by molar-refractivity contribution is -0.145. The fourth-order valence-electron chi connectivity index (χ4n) is 1.35. The van der Waals surface area contributed by atoms with Gasteiger partial charge < -0.3 is 4.84 Å². The van der Waals surface area contributed by atoms with E-state index in [4.69, 9.17) is 0 Å². The summed E-state index contributed by atoms with van der Waals surface area (Å²) < 4.78 is 0. The van der Waals surface area contributed by atoms with Crippen LogP contribution in [0.25, 0.3) is 0 Å². The van der Waals surface area contributed by atoms with E-state index in [-0.39, 0.29) is 18.6 Å². The summed E-state index contributed by atoms with van der Waals surface area (Å²) in [5.74, 6) is 4.26. The Morgan fingerprint density at radius 1 is 1.00 bits per heavy atom. The highest BCUT2D eigenvalue weighted by Crippen LogP contribution is 2.07. The van der Waals surface area contributed by atoms with Gasteiger partial charge in [-0.2, -0.15) is 5.90 Å². The second-order valence-electron chi connectivity index (χ2n) is 3.69. The molecule has 0 aromatic carbocycles. The number of ketones is 1. The molecule has 0 radical (unpaired) electrons. The lowest BCUT2D eigenvalue weighted by Gasteiger charge is -2.00. The van der Waals surface area contributed by atoms with Crippen molar-refractivity contribution < 1.29 is 14.4 Å². The van der Waals surface area contributed by atoms with Crippen molar-refractivity contribution in [2.45, 2.75) is 58.3 Å². The summed E-state index contributed by atoms with van der Waals surface area (Å²) in [6, 6.07) is 0. The van der Waals surface area contributed by atoms with Crippen LogP contribution in [0.3, 0.4) is 0 Å². The molecule has 0 amide bonds. The van der Waals surface area contributed by atoms with Crippen LogP contribution in [0.2, 0.25) is 0 Å². The third kappa shape index (κ3) is 9.41. The molecule has 0 saturated heterocycles.